The fourth-order valence-corrected chi connectivity index (χ4v) is 1.48. The Morgan fingerprint density at radius 1 is 1.30 bits per heavy atom. The van der Waals surface area contributed by atoms with Gasteiger partial charge in [-0.05, 0) is 25.1 Å². The van der Waals surface area contributed by atoms with Crippen molar-refractivity contribution < 1.29 is 32.2 Å². The molecule has 0 heterocycles. The summed E-state index contributed by atoms with van der Waals surface area (Å²) in [4.78, 5) is 22.8. The maximum atomic E-state index is 12.1. The molecule has 0 radical (unpaired) electrons. The molecule has 0 atom stereocenters. The van der Waals surface area contributed by atoms with Gasteiger partial charge < -0.3 is 9.47 Å². The first-order valence-corrected chi connectivity index (χ1v) is 5.85. The van der Waals surface area contributed by atoms with E-state index in [4.69, 9.17) is 11.6 Å². The second kappa shape index (κ2) is 6.60. The zero-order valence-electron chi connectivity index (χ0n) is 10.3. The van der Waals surface area contributed by atoms with Gasteiger partial charge in [-0.15, -0.1) is 13.2 Å². The van der Waals surface area contributed by atoms with Crippen molar-refractivity contribution in [3.8, 4) is 5.75 Å². The Morgan fingerprint density at radius 3 is 2.50 bits per heavy atom. The highest BCUT2D eigenvalue weighted by Gasteiger charge is 2.32. The van der Waals surface area contributed by atoms with Gasteiger partial charge in [-0.3, -0.25) is 9.59 Å². The zero-order chi connectivity index (χ0) is 15.3. The van der Waals surface area contributed by atoms with Gasteiger partial charge >= 0.3 is 12.3 Å². The summed E-state index contributed by atoms with van der Waals surface area (Å²) in [5, 5.41) is -0.296. The van der Waals surface area contributed by atoms with Crippen LogP contribution in [0.1, 0.15) is 23.7 Å². The van der Waals surface area contributed by atoms with Crippen LogP contribution in [0, 0.1) is 0 Å². The molecule has 4 nitrogen and oxygen atoms in total. The SMILES string of the molecule is CCOC(=O)CC(=O)c1ccc(Cl)c(OC(F)(F)F)c1. The standard InChI is InChI=1S/C12H10ClF3O4/c1-2-19-11(18)6-9(17)7-3-4-8(13)10(5-7)20-12(14,15)16/h3-5H,2,6H2,1H3. The van der Waals surface area contributed by atoms with Gasteiger partial charge in [0.2, 0.25) is 0 Å². The molecule has 0 saturated carbocycles. The van der Waals surface area contributed by atoms with Crippen molar-refractivity contribution in [2.45, 2.75) is 19.7 Å². The topological polar surface area (TPSA) is 52.6 Å². The van der Waals surface area contributed by atoms with Crippen LogP contribution >= 0.6 is 11.6 Å². The number of esters is 1. The lowest BCUT2D eigenvalue weighted by Crippen LogP contribution is -2.18. The van der Waals surface area contributed by atoms with Gasteiger partial charge in [0.15, 0.2) is 5.78 Å². The van der Waals surface area contributed by atoms with Crippen molar-refractivity contribution in [2.75, 3.05) is 6.61 Å². The largest absolute Gasteiger partial charge is 0.573 e. The molecule has 0 bridgehead atoms. The number of carbonyl (C=O) groups is 2. The molecule has 8 heteroatoms. The Kier molecular flexibility index (Phi) is 5.38. The van der Waals surface area contributed by atoms with Crippen molar-refractivity contribution in [1.29, 1.82) is 0 Å². The average Bonchev–Trinajstić information content (AvgIpc) is 2.30. The van der Waals surface area contributed by atoms with E-state index in [1.165, 1.54) is 6.07 Å². The van der Waals surface area contributed by atoms with Gasteiger partial charge in [0.1, 0.15) is 12.2 Å². The van der Waals surface area contributed by atoms with Crippen LogP contribution < -0.4 is 4.74 Å². The van der Waals surface area contributed by atoms with Gasteiger partial charge in [0.25, 0.3) is 0 Å². The number of ether oxygens (including phenoxy) is 2. The van der Waals surface area contributed by atoms with Crippen LogP contribution in [-0.4, -0.2) is 24.7 Å². The molecule has 20 heavy (non-hydrogen) atoms. The predicted molar refractivity (Wildman–Crippen MR) is 63.7 cm³/mol. The maximum absolute atomic E-state index is 12.1. The van der Waals surface area contributed by atoms with Crippen LogP contribution in [0.5, 0.6) is 5.75 Å². The van der Waals surface area contributed by atoms with Gasteiger partial charge in [-0.2, -0.15) is 0 Å². The first kappa shape index (κ1) is 16.3. The number of carbonyl (C=O) groups excluding carboxylic acids is 2. The van der Waals surface area contributed by atoms with Crippen LogP contribution in [0.2, 0.25) is 5.02 Å². The second-order valence-electron chi connectivity index (χ2n) is 3.60. The molecular formula is C12H10ClF3O4. The first-order valence-electron chi connectivity index (χ1n) is 5.47. The van der Waals surface area contributed by atoms with Crippen molar-refractivity contribution >= 4 is 23.4 Å². The summed E-state index contributed by atoms with van der Waals surface area (Å²) in [7, 11) is 0. The molecule has 0 N–H and O–H groups in total. The first-order chi connectivity index (χ1) is 9.23. The van der Waals surface area contributed by atoms with E-state index in [-0.39, 0.29) is 17.2 Å². The molecule has 0 aliphatic rings. The number of hydrogen-bond donors (Lipinski definition) is 0. The smallest absolute Gasteiger partial charge is 0.466 e. The summed E-state index contributed by atoms with van der Waals surface area (Å²) >= 11 is 5.53. The van der Waals surface area contributed by atoms with Crippen LogP contribution in [0.15, 0.2) is 18.2 Å². The highest BCUT2D eigenvalue weighted by molar-refractivity contribution is 6.32. The zero-order valence-corrected chi connectivity index (χ0v) is 11.0. The number of halogens is 4. The third-order valence-corrected chi connectivity index (χ3v) is 2.40. The van der Waals surface area contributed by atoms with Crippen LogP contribution in [0.4, 0.5) is 13.2 Å². The Hall–Kier alpha value is -1.76. The quantitative estimate of drug-likeness (QED) is 0.475. The Bertz CT molecular complexity index is 514. The normalized spacial score (nSPS) is 11.1. The van der Waals surface area contributed by atoms with Gasteiger partial charge in [0.05, 0.1) is 11.6 Å². The minimum atomic E-state index is -4.92. The lowest BCUT2D eigenvalue weighted by atomic mass is 10.1. The summed E-state index contributed by atoms with van der Waals surface area (Å²) < 4.78 is 44.6. The minimum Gasteiger partial charge on any atom is -0.466 e. The number of rotatable bonds is 5. The second-order valence-corrected chi connectivity index (χ2v) is 4.01. The molecular weight excluding hydrogens is 301 g/mol. The molecule has 0 saturated heterocycles. The molecule has 0 aromatic heterocycles. The van der Waals surface area contributed by atoms with E-state index < -0.39 is 30.3 Å². The fraction of sp³-hybridized carbons (Fsp3) is 0.333. The van der Waals surface area contributed by atoms with Crippen molar-refractivity contribution in [1.82, 2.24) is 0 Å². The van der Waals surface area contributed by atoms with Gasteiger partial charge in [-0.25, -0.2) is 0 Å². The Labute approximate surface area is 117 Å². The van der Waals surface area contributed by atoms with Gasteiger partial charge in [0, 0.05) is 5.56 Å². The van der Waals surface area contributed by atoms with E-state index in [2.05, 4.69) is 9.47 Å². The number of hydrogen-bond acceptors (Lipinski definition) is 4. The molecule has 0 aliphatic heterocycles. The molecule has 1 aromatic carbocycles. The third-order valence-electron chi connectivity index (χ3n) is 2.09. The highest BCUT2D eigenvalue weighted by Crippen LogP contribution is 2.31. The lowest BCUT2D eigenvalue weighted by Gasteiger charge is -2.11. The Balaban J connectivity index is 2.89. The average molecular weight is 311 g/mol. The Morgan fingerprint density at radius 2 is 1.95 bits per heavy atom. The summed E-state index contributed by atoms with van der Waals surface area (Å²) in [5.74, 6) is -2.15. The van der Waals surface area contributed by atoms with E-state index in [0.29, 0.717) is 0 Å². The molecule has 110 valence electrons. The molecule has 0 aliphatic carbocycles. The van der Waals surface area contributed by atoms with E-state index in [1.807, 2.05) is 0 Å². The molecule has 0 amide bonds. The van der Waals surface area contributed by atoms with Gasteiger partial charge in [-0.1, -0.05) is 11.6 Å². The summed E-state index contributed by atoms with van der Waals surface area (Å²) in [6, 6.07) is 3.12. The van der Waals surface area contributed by atoms with E-state index >= 15 is 0 Å². The van der Waals surface area contributed by atoms with Crippen LogP contribution in [-0.2, 0) is 9.53 Å². The predicted octanol–water partition coefficient (Wildman–Crippen LogP) is 3.37. The molecule has 0 spiro atoms. The molecule has 0 fully saturated rings. The number of Topliss-reactive ketones (excluding diaryl/α,β-unsaturated/α-hetero) is 1. The highest BCUT2D eigenvalue weighted by atomic mass is 35.5. The van der Waals surface area contributed by atoms with E-state index in [0.717, 1.165) is 12.1 Å². The molecule has 0 unspecified atom stereocenters. The lowest BCUT2D eigenvalue weighted by molar-refractivity contribution is -0.274. The number of benzene rings is 1. The van der Waals surface area contributed by atoms with Crippen molar-refractivity contribution in [3.05, 3.63) is 28.8 Å². The number of alkyl halides is 3. The van der Waals surface area contributed by atoms with Crippen LogP contribution in [0.25, 0.3) is 0 Å². The number of ketones is 1. The minimum absolute atomic E-state index is 0.106. The summed E-state index contributed by atoms with van der Waals surface area (Å²) in [5.41, 5.74) is -0.123. The fourth-order valence-electron chi connectivity index (χ4n) is 1.32. The molecule has 1 rings (SSSR count). The van der Waals surface area contributed by atoms with Crippen molar-refractivity contribution in [3.63, 3.8) is 0 Å². The van der Waals surface area contributed by atoms with Crippen LogP contribution in [0.3, 0.4) is 0 Å². The van der Waals surface area contributed by atoms with E-state index in [1.54, 1.807) is 6.92 Å². The third kappa shape index (κ3) is 5.08. The molecule has 1 aromatic rings. The maximum Gasteiger partial charge on any atom is 0.573 e. The summed E-state index contributed by atoms with van der Waals surface area (Å²) in [6.45, 7) is 1.68. The summed E-state index contributed by atoms with van der Waals surface area (Å²) in [6.07, 6.45) is -5.49. The van der Waals surface area contributed by atoms with E-state index in [9.17, 15) is 22.8 Å². The van der Waals surface area contributed by atoms with Crippen molar-refractivity contribution in [2.24, 2.45) is 0 Å². The monoisotopic (exact) mass is 310 g/mol.